The Hall–Kier alpha value is -0.910. The van der Waals surface area contributed by atoms with Crippen LogP contribution >= 0.6 is 0 Å². The standard InChI is InChI=1S/C16H22O5/c1-14-5-3-6-15(2)11(14)10(20-13(15)19)12-16(8-18,21-12)9(14)4-7-17/h4,10-12,17-18H,3,5-8H2,1-2H3/b9-4-/t10-,11+,12+,14+,15-,16-/m0/s1. The fraction of sp³-hybridized carbons (Fsp3) is 0.812. The van der Waals surface area contributed by atoms with Crippen LogP contribution in [0.15, 0.2) is 11.6 Å². The molecule has 2 saturated carbocycles. The Bertz CT molecular complexity index is 543. The van der Waals surface area contributed by atoms with Crippen LogP contribution in [0.2, 0.25) is 0 Å². The molecule has 4 aliphatic rings. The summed E-state index contributed by atoms with van der Waals surface area (Å²) in [6.45, 7) is 3.94. The van der Waals surface area contributed by atoms with Gasteiger partial charge in [0.1, 0.15) is 17.8 Å². The number of esters is 1. The minimum atomic E-state index is -0.748. The molecule has 5 nitrogen and oxygen atoms in total. The van der Waals surface area contributed by atoms with Crippen molar-refractivity contribution < 1.29 is 24.5 Å². The second-order valence-electron chi connectivity index (χ2n) is 7.42. The number of carbonyl (C=O) groups excluding carboxylic acids is 1. The molecule has 0 unspecified atom stereocenters. The smallest absolute Gasteiger partial charge is 0.312 e. The first-order chi connectivity index (χ1) is 9.94. The first-order valence-corrected chi connectivity index (χ1v) is 7.76. The number of fused-ring (bicyclic) bond motifs is 2. The zero-order chi connectivity index (χ0) is 15.0. The highest BCUT2D eigenvalue weighted by molar-refractivity contribution is 5.80. The summed E-state index contributed by atoms with van der Waals surface area (Å²) < 4.78 is 11.5. The van der Waals surface area contributed by atoms with Crippen molar-refractivity contribution in [3.8, 4) is 0 Å². The molecule has 21 heavy (non-hydrogen) atoms. The zero-order valence-corrected chi connectivity index (χ0v) is 12.5. The van der Waals surface area contributed by atoms with Crippen molar-refractivity contribution in [2.45, 2.75) is 50.9 Å². The first kappa shape index (κ1) is 13.7. The summed E-state index contributed by atoms with van der Waals surface area (Å²) in [4.78, 5) is 12.4. The fourth-order valence-corrected chi connectivity index (χ4v) is 5.59. The Morgan fingerprint density at radius 1 is 1.29 bits per heavy atom. The van der Waals surface area contributed by atoms with Crippen molar-refractivity contribution in [3.05, 3.63) is 11.6 Å². The summed E-state index contributed by atoms with van der Waals surface area (Å²) in [5, 5.41) is 19.3. The van der Waals surface area contributed by atoms with E-state index in [2.05, 4.69) is 6.92 Å². The summed E-state index contributed by atoms with van der Waals surface area (Å²) >= 11 is 0. The quantitative estimate of drug-likeness (QED) is 0.447. The molecule has 2 aliphatic heterocycles. The molecule has 0 radical (unpaired) electrons. The van der Waals surface area contributed by atoms with E-state index in [4.69, 9.17) is 9.47 Å². The molecule has 0 aromatic heterocycles. The summed E-state index contributed by atoms with van der Waals surface area (Å²) in [6, 6.07) is 0. The molecular weight excluding hydrogens is 272 g/mol. The lowest BCUT2D eigenvalue weighted by Crippen LogP contribution is -2.56. The lowest BCUT2D eigenvalue weighted by molar-refractivity contribution is -0.149. The Labute approximate surface area is 123 Å². The average molecular weight is 294 g/mol. The molecule has 0 aromatic carbocycles. The number of hydrogen-bond donors (Lipinski definition) is 2. The molecule has 2 heterocycles. The summed E-state index contributed by atoms with van der Waals surface area (Å²) in [7, 11) is 0. The van der Waals surface area contributed by atoms with Gasteiger partial charge in [0.2, 0.25) is 0 Å². The number of aliphatic hydroxyl groups is 2. The SMILES string of the molecule is C[C@@]12CCC[C@]3(C)/C(=C/CO)[C@]4(CO)O[C@@H]4[C@@H](OC1=O)[C@@H]23. The predicted octanol–water partition coefficient (Wildman–Crippen LogP) is 0.787. The number of hydrogen-bond acceptors (Lipinski definition) is 5. The predicted molar refractivity (Wildman–Crippen MR) is 73.3 cm³/mol. The van der Waals surface area contributed by atoms with E-state index >= 15 is 0 Å². The largest absolute Gasteiger partial charge is 0.459 e. The van der Waals surface area contributed by atoms with Gasteiger partial charge in [0.15, 0.2) is 0 Å². The second-order valence-corrected chi connectivity index (χ2v) is 7.42. The molecule has 4 fully saturated rings. The Morgan fingerprint density at radius 2 is 2.00 bits per heavy atom. The maximum Gasteiger partial charge on any atom is 0.312 e. The molecule has 116 valence electrons. The Kier molecular flexibility index (Phi) is 2.54. The second kappa shape index (κ2) is 3.89. The Morgan fingerprint density at radius 3 is 2.67 bits per heavy atom. The van der Waals surface area contributed by atoms with Gasteiger partial charge >= 0.3 is 5.97 Å². The average Bonchev–Trinajstić information content (AvgIpc) is 3.12. The molecule has 2 N–H and O–H groups in total. The van der Waals surface area contributed by atoms with Gasteiger partial charge in [-0.25, -0.2) is 0 Å². The highest BCUT2D eigenvalue weighted by Crippen LogP contribution is 2.70. The van der Waals surface area contributed by atoms with Crippen LogP contribution in [0.4, 0.5) is 0 Å². The van der Waals surface area contributed by atoms with Gasteiger partial charge in [0.05, 0.1) is 18.6 Å². The minimum Gasteiger partial charge on any atom is -0.459 e. The van der Waals surface area contributed by atoms with E-state index in [1.807, 2.05) is 6.92 Å². The van der Waals surface area contributed by atoms with Crippen LogP contribution in [0.1, 0.15) is 33.1 Å². The summed E-state index contributed by atoms with van der Waals surface area (Å²) in [5.74, 6) is -0.0627. The van der Waals surface area contributed by atoms with Crippen molar-refractivity contribution >= 4 is 5.97 Å². The van der Waals surface area contributed by atoms with E-state index in [1.165, 1.54) is 0 Å². The molecule has 4 rings (SSSR count). The normalized spacial score (nSPS) is 55.9. The van der Waals surface area contributed by atoms with Crippen molar-refractivity contribution in [3.63, 3.8) is 0 Å². The number of rotatable bonds is 2. The van der Waals surface area contributed by atoms with Gasteiger partial charge in [-0.15, -0.1) is 0 Å². The number of aliphatic hydroxyl groups excluding tert-OH is 2. The highest BCUT2D eigenvalue weighted by Gasteiger charge is 2.79. The van der Waals surface area contributed by atoms with Crippen LogP contribution in [-0.4, -0.2) is 47.2 Å². The molecule has 2 aliphatic carbocycles. The lowest BCUT2D eigenvalue weighted by Gasteiger charge is -2.52. The maximum absolute atomic E-state index is 12.4. The third kappa shape index (κ3) is 1.36. The van der Waals surface area contributed by atoms with E-state index in [9.17, 15) is 15.0 Å². The van der Waals surface area contributed by atoms with Crippen LogP contribution < -0.4 is 0 Å². The summed E-state index contributed by atoms with van der Waals surface area (Å²) in [5.41, 5.74) is -0.515. The van der Waals surface area contributed by atoms with E-state index in [1.54, 1.807) is 6.08 Å². The van der Waals surface area contributed by atoms with Crippen molar-refractivity contribution in [2.24, 2.45) is 16.7 Å². The van der Waals surface area contributed by atoms with Crippen molar-refractivity contribution in [2.75, 3.05) is 13.2 Å². The van der Waals surface area contributed by atoms with Gasteiger partial charge in [-0.1, -0.05) is 19.4 Å². The molecule has 0 aromatic rings. The highest BCUT2D eigenvalue weighted by atomic mass is 16.7. The van der Waals surface area contributed by atoms with E-state index in [-0.39, 0.29) is 42.7 Å². The van der Waals surface area contributed by atoms with Crippen molar-refractivity contribution in [1.29, 1.82) is 0 Å². The third-order valence-electron chi connectivity index (χ3n) is 6.44. The number of carbonyl (C=O) groups is 1. The monoisotopic (exact) mass is 294 g/mol. The van der Waals surface area contributed by atoms with Gasteiger partial charge in [-0.2, -0.15) is 0 Å². The molecule has 0 spiro atoms. The molecule has 0 amide bonds. The van der Waals surface area contributed by atoms with Crippen LogP contribution in [0.5, 0.6) is 0 Å². The number of ether oxygens (including phenoxy) is 2. The maximum atomic E-state index is 12.4. The molecular formula is C16H22O5. The van der Waals surface area contributed by atoms with Crippen LogP contribution in [0, 0.1) is 16.7 Å². The first-order valence-electron chi connectivity index (χ1n) is 7.76. The molecule has 6 atom stereocenters. The van der Waals surface area contributed by atoms with Gasteiger partial charge < -0.3 is 19.7 Å². The third-order valence-corrected chi connectivity index (χ3v) is 6.44. The lowest BCUT2D eigenvalue weighted by atomic mass is 9.48. The van der Waals surface area contributed by atoms with Gasteiger partial charge in [0, 0.05) is 5.92 Å². The van der Waals surface area contributed by atoms with Crippen LogP contribution in [0.3, 0.4) is 0 Å². The van der Waals surface area contributed by atoms with Crippen LogP contribution in [-0.2, 0) is 14.3 Å². The van der Waals surface area contributed by atoms with Crippen LogP contribution in [0.25, 0.3) is 0 Å². The molecule has 0 bridgehead atoms. The topological polar surface area (TPSA) is 79.3 Å². The van der Waals surface area contributed by atoms with E-state index in [0.717, 1.165) is 24.8 Å². The van der Waals surface area contributed by atoms with Gasteiger partial charge in [-0.05, 0) is 30.8 Å². The van der Waals surface area contributed by atoms with Gasteiger partial charge in [-0.3, -0.25) is 4.79 Å². The zero-order valence-electron chi connectivity index (χ0n) is 12.5. The fourth-order valence-electron chi connectivity index (χ4n) is 5.59. The Balaban J connectivity index is 1.89. The van der Waals surface area contributed by atoms with Crippen molar-refractivity contribution in [1.82, 2.24) is 0 Å². The number of epoxide rings is 1. The molecule has 5 heteroatoms. The minimum absolute atomic E-state index is 0.0659. The molecule has 2 saturated heterocycles. The van der Waals surface area contributed by atoms with Gasteiger partial charge in [0.25, 0.3) is 0 Å². The summed E-state index contributed by atoms with van der Waals surface area (Å²) in [6.07, 6.45) is 3.97. The van der Waals surface area contributed by atoms with E-state index in [0.29, 0.717) is 0 Å². The van der Waals surface area contributed by atoms with E-state index < -0.39 is 11.0 Å².